The van der Waals surface area contributed by atoms with Crippen LogP contribution in [-0.4, -0.2) is 27.1 Å². The van der Waals surface area contributed by atoms with Crippen molar-refractivity contribution in [2.45, 2.75) is 39.4 Å². The number of carbonyl (C=O) groups excluding carboxylic acids is 1. The number of anilines is 1. The van der Waals surface area contributed by atoms with Gasteiger partial charge >= 0.3 is 6.18 Å². The van der Waals surface area contributed by atoms with Crippen molar-refractivity contribution in [3.05, 3.63) is 64.7 Å². The van der Waals surface area contributed by atoms with Gasteiger partial charge < -0.3 is 5.32 Å². The molecule has 0 aromatic heterocycles. The van der Waals surface area contributed by atoms with E-state index in [0.717, 1.165) is 51.5 Å². The van der Waals surface area contributed by atoms with Crippen LogP contribution in [0.1, 0.15) is 41.6 Å². The highest BCUT2D eigenvalue weighted by atomic mass is 32.2. The van der Waals surface area contributed by atoms with Crippen LogP contribution in [0.3, 0.4) is 0 Å². The summed E-state index contributed by atoms with van der Waals surface area (Å²) in [4.78, 5) is 12.6. The van der Waals surface area contributed by atoms with Gasteiger partial charge in [-0.2, -0.15) is 13.2 Å². The summed E-state index contributed by atoms with van der Waals surface area (Å²) in [7, 11) is -3.89. The summed E-state index contributed by atoms with van der Waals surface area (Å²) in [6.07, 6.45) is -3.04. The summed E-state index contributed by atoms with van der Waals surface area (Å²) in [6, 6.07) is 9.19. The van der Waals surface area contributed by atoms with Crippen molar-refractivity contribution in [1.82, 2.24) is 5.32 Å². The summed E-state index contributed by atoms with van der Waals surface area (Å²) in [5.41, 5.74) is 2.11. The van der Waals surface area contributed by atoms with E-state index < -0.39 is 34.2 Å². The Kier molecular flexibility index (Phi) is 7.18. The normalized spacial score (nSPS) is 13.0. The summed E-state index contributed by atoms with van der Waals surface area (Å²) in [5, 5.41) is 2.83. The number of sulfonamides is 1. The molecule has 0 heterocycles. The third kappa shape index (κ3) is 5.98. The Hall–Kier alpha value is -2.55. The number of hydrogen-bond donors (Lipinski definition) is 1. The molecule has 0 aliphatic carbocycles. The minimum atomic E-state index is -4.54. The van der Waals surface area contributed by atoms with Crippen LogP contribution in [0, 0.1) is 13.8 Å². The monoisotopic (exact) mass is 442 g/mol. The largest absolute Gasteiger partial charge is 0.416 e. The molecule has 0 fully saturated rings. The zero-order chi connectivity index (χ0) is 22.7. The van der Waals surface area contributed by atoms with Crippen molar-refractivity contribution in [3.63, 3.8) is 0 Å². The Bertz CT molecular complexity index is 1000. The first-order valence-electron chi connectivity index (χ1n) is 9.34. The molecule has 9 heteroatoms. The van der Waals surface area contributed by atoms with Crippen LogP contribution < -0.4 is 9.62 Å². The van der Waals surface area contributed by atoms with Crippen LogP contribution in [-0.2, 0) is 21.0 Å². The van der Waals surface area contributed by atoms with Gasteiger partial charge in [-0.3, -0.25) is 9.10 Å². The molecule has 1 atom stereocenters. The average molecular weight is 443 g/mol. The molecule has 2 aromatic rings. The van der Waals surface area contributed by atoms with E-state index in [0.29, 0.717) is 6.42 Å². The van der Waals surface area contributed by atoms with Crippen molar-refractivity contribution < 1.29 is 26.4 Å². The van der Waals surface area contributed by atoms with Gasteiger partial charge in [0.2, 0.25) is 15.9 Å². The summed E-state index contributed by atoms with van der Waals surface area (Å²) in [6.45, 7) is 5.26. The Morgan fingerprint density at radius 3 is 2.17 bits per heavy atom. The zero-order valence-electron chi connectivity index (χ0n) is 17.2. The predicted molar refractivity (Wildman–Crippen MR) is 111 cm³/mol. The Morgan fingerprint density at radius 1 is 1.10 bits per heavy atom. The van der Waals surface area contributed by atoms with Crippen molar-refractivity contribution in [2.24, 2.45) is 0 Å². The molecule has 0 aliphatic heterocycles. The summed E-state index contributed by atoms with van der Waals surface area (Å²) >= 11 is 0. The second kappa shape index (κ2) is 9.07. The number of benzene rings is 2. The summed E-state index contributed by atoms with van der Waals surface area (Å²) in [5.74, 6) is -0.549. The highest BCUT2D eigenvalue weighted by molar-refractivity contribution is 7.92. The number of hydrogen-bond acceptors (Lipinski definition) is 3. The predicted octanol–water partition coefficient (Wildman–Crippen LogP) is 4.36. The lowest BCUT2D eigenvalue weighted by atomic mass is 9.97. The van der Waals surface area contributed by atoms with Gasteiger partial charge in [0.25, 0.3) is 0 Å². The number of rotatable bonds is 7. The fourth-order valence-corrected chi connectivity index (χ4v) is 4.06. The molecule has 0 aliphatic rings. The van der Waals surface area contributed by atoms with Gasteiger partial charge in [-0.25, -0.2) is 8.42 Å². The molecule has 1 N–H and O–H groups in total. The van der Waals surface area contributed by atoms with Gasteiger partial charge in [0.15, 0.2) is 0 Å². The van der Waals surface area contributed by atoms with Crippen LogP contribution in [0.4, 0.5) is 18.9 Å². The number of nitrogens with one attached hydrogen (secondary N) is 1. The van der Waals surface area contributed by atoms with E-state index in [1.54, 1.807) is 0 Å². The number of halogens is 3. The second-order valence-electron chi connectivity index (χ2n) is 7.20. The van der Waals surface area contributed by atoms with Crippen LogP contribution in [0.25, 0.3) is 0 Å². The molecule has 0 saturated heterocycles. The van der Waals surface area contributed by atoms with E-state index in [1.807, 2.05) is 39.0 Å². The van der Waals surface area contributed by atoms with E-state index in [-0.39, 0.29) is 11.7 Å². The van der Waals surface area contributed by atoms with E-state index in [9.17, 15) is 26.4 Å². The highest BCUT2D eigenvalue weighted by Crippen LogP contribution is 2.31. The molecule has 0 saturated carbocycles. The maximum absolute atomic E-state index is 12.8. The Balaban J connectivity index is 2.23. The molecule has 0 bridgehead atoms. The quantitative estimate of drug-likeness (QED) is 0.693. The van der Waals surface area contributed by atoms with Crippen LogP contribution in [0.15, 0.2) is 42.5 Å². The number of nitrogens with zero attached hydrogens (tertiary/aromatic N) is 1. The highest BCUT2D eigenvalue weighted by Gasteiger charge is 2.31. The SMILES string of the molecule is CC[C@H](NC(=O)CN(c1ccc(C(F)(F)F)cc1)S(C)(=O)=O)c1ccc(C)cc1C. The van der Waals surface area contributed by atoms with Gasteiger partial charge in [0.1, 0.15) is 6.54 Å². The molecule has 164 valence electrons. The van der Waals surface area contributed by atoms with E-state index in [1.165, 1.54) is 0 Å². The fourth-order valence-electron chi connectivity index (χ4n) is 3.20. The zero-order valence-corrected chi connectivity index (χ0v) is 18.1. The van der Waals surface area contributed by atoms with Gasteiger partial charge in [-0.1, -0.05) is 30.7 Å². The maximum atomic E-state index is 12.8. The molecule has 0 radical (unpaired) electrons. The number of amides is 1. The first kappa shape index (κ1) is 23.7. The smallest absolute Gasteiger partial charge is 0.348 e. The third-order valence-corrected chi connectivity index (χ3v) is 5.85. The number of carbonyl (C=O) groups is 1. The lowest BCUT2D eigenvalue weighted by molar-refractivity contribution is -0.137. The lowest BCUT2D eigenvalue weighted by Crippen LogP contribution is -2.41. The van der Waals surface area contributed by atoms with Crippen molar-refractivity contribution in [3.8, 4) is 0 Å². The van der Waals surface area contributed by atoms with Crippen LogP contribution in [0.2, 0.25) is 0 Å². The van der Waals surface area contributed by atoms with Gasteiger partial charge in [0.05, 0.1) is 23.5 Å². The van der Waals surface area contributed by atoms with Crippen molar-refractivity contribution in [2.75, 3.05) is 17.1 Å². The third-order valence-electron chi connectivity index (χ3n) is 4.71. The standard InChI is InChI=1S/C21H25F3N2O3S/c1-5-19(18-11-6-14(2)12-15(18)3)25-20(27)13-26(30(4,28)29)17-9-7-16(8-10-17)21(22,23)24/h6-12,19H,5,13H2,1-4H3,(H,25,27)/t19-/m0/s1. The molecular formula is C21H25F3N2O3S. The minimum Gasteiger partial charge on any atom is -0.348 e. The summed E-state index contributed by atoms with van der Waals surface area (Å²) < 4.78 is 63.5. The minimum absolute atomic E-state index is 0.0137. The average Bonchev–Trinajstić information content (AvgIpc) is 2.63. The van der Waals surface area contributed by atoms with Crippen LogP contribution >= 0.6 is 0 Å². The van der Waals surface area contributed by atoms with Gasteiger partial charge in [0, 0.05) is 0 Å². The first-order valence-corrected chi connectivity index (χ1v) is 11.2. The lowest BCUT2D eigenvalue weighted by Gasteiger charge is -2.25. The molecule has 5 nitrogen and oxygen atoms in total. The van der Waals surface area contributed by atoms with Crippen LogP contribution in [0.5, 0.6) is 0 Å². The van der Waals surface area contributed by atoms with E-state index in [4.69, 9.17) is 0 Å². The molecule has 30 heavy (non-hydrogen) atoms. The van der Waals surface area contributed by atoms with Crippen molar-refractivity contribution >= 4 is 21.6 Å². The molecule has 1 amide bonds. The number of alkyl halides is 3. The first-order chi connectivity index (χ1) is 13.8. The van der Waals surface area contributed by atoms with E-state index >= 15 is 0 Å². The maximum Gasteiger partial charge on any atom is 0.416 e. The molecular weight excluding hydrogens is 417 g/mol. The molecule has 0 spiro atoms. The molecule has 2 rings (SSSR count). The van der Waals surface area contributed by atoms with E-state index in [2.05, 4.69) is 5.32 Å². The Morgan fingerprint density at radius 2 is 1.70 bits per heavy atom. The second-order valence-corrected chi connectivity index (χ2v) is 9.11. The fraction of sp³-hybridized carbons (Fsp3) is 0.381. The Labute approximate surface area is 175 Å². The number of aryl methyl sites for hydroxylation is 2. The van der Waals surface area contributed by atoms with Gasteiger partial charge in [-0.15, -0.1) is 0 Å². The topological polar surface area (TPSA) is 66.5 Å². The van der Waals surface area contributed by atoms with Crippen molar-refractivity contribution in [1.29, 1.82) is 0 Å². The molecule has 0 unspecified atom stereocenters. The molecule has 2 aromatic carbocycles. The van der Waals surface area contributed by atoms with Gasteiger partial charge in [-0.05, 0) is 55.7 Å².